The van der Waals surface area contributed by atoms with Crippen molar-refractivity contribution in [2.45, 2.75) is 180 Å². The predicted molar refractivity (Wildman–Crippen MR) is 168 cm³/mol. The first kappa shape index (κ1) is 40.7. The number of ether oxygens (including phenoxy) is 2. The van der Waals surface area contributed by atoms with E-state index < -0.39 is 24.1 Å². The molecule has 2 N–H and O–H groups in total. The minimum Gasteiger partial charge on any atom is -0.479 e. The number of carboxylic acid groups (broad SMARTS) is 2. The fourth-order valence-electron chi connectivity index (χ4n) is 4.73. The van der Waals surface area contributed by atoms with Gasteiger partial charge in [-0.2, -0.15) is 0 Å². The molecule has 238 valence electrons. The Morgan fingerprint density at radius 3 is 1.20 bits per heavy atom. The van der Waals surface area contributed by atoms with Crippen molar-refractivity contribution in [3.05, 3.63) is 12.2 Å². The number of rotatable bonds is 29. The molecule has 6 nitrogen and oxygen atoms in total. The van der Waals surface area contributed by atoms with Crippen molar-refractivity contribution >= 4 is 11.9 Å². The molecule has 0 saturated heterocycles. The van der Waals surface area contributed by atoms with Gasteiger partial charge in [0.2, 0.25) is 0 Å². The number of methoxy groups -OCH3 is 2. The third-order valence-electron chi connectivity index (χ3n) is 7.43. The molecule has 0 radical (unpaired) electrons. The largest absolute Gasteiger partial charge is 0.479 e. The lowest BCUT2D eigenvalue weighted by molar-refractivity contribution is -0.149. The lowest BCUT2D eigenvalue weighted by Gasteiger charge is -2.09. The van der Waals surface area contributed by atoms with Crippen LogP contribution in [0.4, 0.5) is 0 Å². The lowest BCUT2D eigenvalue weighted by atomic mass is 10.0. The Bertz CT molecular complexity index is 563. The van der Waals surface area contributed by atoms with E-state index in [4.69, 9.17) is 19.7 Å². The number of hydrogen-bond donors (Lipinski definition) is 2. The molecule has 0 amide bonds. The summed E-state index contributed by atoms with van der Waals surface area (Å²) in [7, 11) is 2.92. The van der Waals surface area contributed by atoms with E-state index in [0.717, 1.165) is 25.7 Å². The highest BCUT2D eigenvalue weighted by Gasteiger charge is 2.15. The van der Waals surface area contributed by atoms with Crippen molar-refractivity contribution in [3.63, 3.8) is 0 Å². The second-order valence-corrected chi connectivity index (χ2v) is 11.1. The lowest BCUT2D eigenvalue weighted by Crippen LogP contribution is -2.21. The van der Waals surface area contributed by atoms with Gasteiger partial charge in [-0.25, -0.2) is 9.59 Å². The average molecular weight is 571 g/mol. The van der Waals surface area contributed by atoms with Crippen LogP contribution in [-0.4, -0.2) is 48.6 Å². The monoisotopic (exact) mass is 570 g/mol. The van der Waals surface area contributed by atoms with Gasteiger partial charge in [0, 0.05) is 14.2 Å². The van der Waals surface area contributed by atoms with Gasteiger partial charge < -0.3 is 19.7 Å². The highest BCUT2D eigenvalue weighted by molar-refractivity contribution is 5.72. The molecule has 0 aromatic heterocycles. The van der Waals surface area contributed by atoms with Gasteiger partial charge in [-0.3, -0.25) is 0 Å². The third kappa shape index (κ3) is 31.1. The molecule has 0 fully saturated rings. The number of hydrogen-bond acceptors (Lipinski definition) is 4. The van der Waals surface area contributed by atoms with Gasteiger partial charge in [0.15, 0.2) is 12.2 Å². The van der Waals surface area contributed by atoms with E-state index in [9.17, 15) is 9.59 Å². The van der Waals surface area contributed by atoms with Crippen LogP contribution in [0.1, 0.15) is 168 Å². The van der Waals surface area contributed by atoms with Crippen LogP contribution in [0.5, 0.6) is 0 Å². The average Bonchev–Trinajstić information content (AvgIpc) is 2.94. The number of unbranched alkanes of at least 4 members (excludes halogenated alkanes) is 19. The summed E-state index contributed by atoms with van der Waals surface area (Å²) in [5.41, 5.74) is 0. The van der Waals surface area contributed by atoms with E-state index in [-0.39, 0.29) is 0 Å². The van der Waals surface area contributed by atoms with Crippen LogP contribution < -0.4 is 0 Å². The van der Waals surface area contributed by atoms with E-state index in [2.05, 4.69) is 26.0 Å². The van der Waals surface area contributed by atoms with Gasteiger partial charge in [0.05, 0.1) is 0 Å². The Morgan fingerprint density at radius 1 is 0.500 bits per heavy atom. The molecule has 0 aliphatic heterocycles. The summed E-state index contributed by atoms with van der Waals surface area (Å²) in [6, 6.07) is 0. The summed E-state index contributed by atoms with van der Waals surface area (Å²) >= 11 is 0. The zero-order chi connectivity index (χ0) is 30.1. The van der Waals surface area contributed by atoms with E-state index in [0.29, 0.717) is 12.8 Å². The molecule has 6 heteroatoms. The molecule has 40 heavy (non-hydrogen) atoms. The zero-order valence-electron chi connectivity index (χ0n) is 26.8. The fourth-order valence-corrected chi connectivity index (χ4v) is 4.73. The highest BCUT2D eigenvalue weighted by Crippen LogP contribution is 2.14. The Labute approximate surface area is 247 Å². The minimum absolute atomic E-state index is 0.555. The molecule has 0 aromatic carbocycles. The maximum atomic E-state index is 10.7. The van der Waals surface area contributed by atoms with E-state index in [1.165, 1.54) is 130 Å². The Morgan fingerprint density at radius 2 is 0.825 bits per heavy atom. The van der Waals surface area contributed by atoms with Gasteiger partial charge in [-0.1, -0.05) is 148 Å². The standard InChI is InChI=1S/C17H34O3.C17H32O3/c2*1-3-4-5-6-7-8-9-10-11-12-13-14-15-16(20-2)17(18)19/h16H,3-15H2,1-2H3,(H,18,19);12-13,16H,3-11,14-15H2,1-2H3,(H,18,19). The van der Waals surface area contributed by atoms with Gasteiger partial charge >= 0.3 is 11.9 Å². The molecule has 2 atom stereocenters. The molecule has 2 unspecified atom stereocenters. The summed E-state index contributed by atoms with van der Waals surface area (Å²) in [5, 5.41) is 17.6. The second-order valence-electron chi connectivity index (χ2n) is 11.1. The van der Waals surface area contributed by atoms with Crippen molar-refractivity contribution in [2.75, 3.05) is 14.2 Å². The topological polar surface area (TPSA) is 93.1 Å². The van der Waals surface area contributed by atoms with Crippen LogP contribution in [0.25, 0.3) is 0 Å². The van der Waals surface area contributed by atoms with E-state index in [1.54, 1.807) is 0 Å². The molecule has 0 spiro atoms. The number of allylic oxidation sites excluding steroid dienone is 2. The molecule has 0 aromatic rings. The molecule has 0 saturated carbocycles. The zero-order valence-corrected chi connectivity index (χ0v) is 26.8. The summed E-state index contributed by atoms with van der Waals surface area (Å²) < 4.78 is 9.79. The van der Waals surface area contributed by atoms with Crippen molar-refractivity contribution in [1.29, 1.82) is 0 Å². The van der Waals surface area contributed by atoms with E-state index in [1.807, 2.05) is 0 Å². The van der Waals surface area contributed by atoms with Gasteiger partial charge in [0.25, 0.3) is 0 Å². The summed E-state index contributed by atoms with van der Waals surface area (Å²) in [6.45, 7) is 4.50. The van der Waals surface area contributed by atoms with Gasteiger partial charge in [-0.15, -0.1) is 0 Å². The quantitative estimate of drug-likeness (QED) is 0.0686. The first-order valence-corrected chi connectivity index (χ1v) is 16.6. The smallest absolute Gasteiger partial charge is 0.332 e. The third-order valence-corrected chi connectivity index (χ3v) is 7.43. The summed E-state index contributed by atoms with van der Waals surface area (Å²) in [4.78, 5) is 21.5. The predicted octanol–water partition coefficient (Wildman–Crippen LogP) is 10.1. The van der Waals surface area contributed by atoms with Crippen LogP contribution in [0.15, 0.2) is 12.2 Å². The molecular formula is C34H66O6. The maximum absolute atomic E-state index is 10.7. The Kier molecular flexibility index (Phi) is 34.4. The van der Waals surface area contributed by atoms with Gasteiger partial charge in [-0.05, 0) is 32.1 Å². The summed E-state index contributed by atoms with van der Waals surface area (Å²) in [6.07, 6.45) is 32.4. The molecule has 0 rings (SSSR count). The Hall–Kier alpha value is -1.40. The van der Waals surface area contributed by atoms with Gasteiger partial charge in [0.1, 0.15) is 0 Å². The van der Waals surface area contributed by atoms with Crippen LogP contribution >= 0.6 is 0 Å². The second kappa shape index (κ2) is 33.8. The van der Waals surface area contributed by atoms with E-state index >= 15 is 0 Å². The fraction of sp³-hybridized carbons (Fsp3) is 0.882. The minimum atomic E-state index is -0.871. The molecule has 0 aliphatic rings. The van der Waals surface area contributed by atoms with Crippen LogP contribution in [0.3, 0.4) is 0 Å². The van der Waals surface area contributed by atoms with Crippen LogP contribution in [0, 0.1) is 0 Å². The first-order chi connectivity index (χ1) is 19.4. The number of carboxylic acids is 2. The van der Waals surface area contributed by atoms with Crippen molar-refractivity contribution in [2.24, 2.45) is 0 Å². The maximum Gasteiger partial charge on any atom is 0.332 e. The van der Waals surface area contributed by atoms with Crippen molar-refractivity contribution in [1.82, 2.24) is 0 Å². The Balaban J connectivity index is 0. The molecule has 0 heterocycles. The highest BCUT2D eigenvalue weighted by atomic mass is 16.5. The number of aliphatic carboxylic acids is 2. The first-order valence-electron chi connectivity index (χ1n) is 16.6. The molecule has 0 aliphatic carbocycles. The summed E-state index contributed by atoms with van der Waals surface area (Å²) in [5.74, 6) is -1.71. The van der Waals surface area contributed by atoms with Crippen molar-refractivity contribution in [3.8, 4) is 0 Å². The molecule has 0 bridgehead atoms. The normalized spacial score (nSPS) is 12.7. The van der Waals surface area contributed by atoms with Crippen LogP contribution in [-0.2, 0) is 19.1 Å². The molecular weight excluding hydrogens is 504 g/mol. The number of carbonyl (C=O) groups is 2. The van der Waals surface area contributed by atoms with Crippen molar-refractivity contribution < 1.29 is 29.3 Å². The SMILES string of the molecule is CCCCCCCCCCC=CCCC(OC)C(=O)O.CCCCCCCCCCCCCCC(OC)C(=O)O. The van der Waals surface area contributed by atoms with Crippen LogP contribution in [0.2, 0.25) is 0 Å².